The van der Waals surface area contributed by atoms with Gasteiger partial charge in [-0.15, -0.1) is 0 Å². The van der Waals surface area contributed by atoms with Crippen LogP contribution in [0.5, 0.6) is 11.5 Å². The molecule has 1 aromatic heterocycles. The third-order valence-electron chi connectivity index (χ3n) is 2.66. The molecule has 5 nitrogen and oxygen atoms in total. The standard InChI is InChI=1S/C13H13BrN2O3/c1-18-10-5-3-9(4-6-10)8-16-13(17)12(14)11(19-2)7-15-16/h3-7H,8H2,1-2H3. The third kappa shape index (κ3) is 2.96. The molecule has 0 radical (unpaired) electrons. The van der Waals surface area contributed by atoms with E-state index in [1.807, 2.05) is 24.3 Å². The highest BCUT2D eigenvalue weighted by molar-refractivity contribution is 9.10. The molecule has 0 aliphatic rings. The summed E-state index contributed by atoms with van der Waals surface area (Å²) < 4.78 is 11.8. The van der Waals surface area contributed by atoms with Gasteiger partial charge in [0.15, 0.2) is 5.75 Å². The maximum Gasteiger partial charge on any atom is 0.285 e. The number of ether oxygens (including phenoxy) is 2. The van der Waals surface area contributed by atoms with E-state index in [4.69, 9.17) is 9.47 Å². The number of rotatable bonds is 4. The summed E-state index contributed by atoms with van der Waals surface area (Å²) in [5, 5.41) is 4.07. The SMILES string of the molecule is COc1ccc(Cn2ncc(OC)c(Br)c2=O)cc1. The van der Waals surface area contributed by atoms with E-state index < -0.39 is 0 Å². The molecule has 0 aliphatic heterocycles. The molecule has 6 heteroatoms. The Balaban J connectivity index is 2.28. The molecule has 19 heavy (non-hydrogen) atoms. The van der Waals surface area contributed by atoms with Crippen LogP contribution >= 0.6 is 15.9 Å². The van der Waals surface area contributed by atoms with Gasteiger partial charge in [-0.1, -0.05) is 12.1 Å². The highest BCUT2D eigenvalue weighted by atomic mass is 79.9. The van der Waals surface area contributed by atoms with Crippen LogP contribution in [0.25, 0.3) is 0 Å². The molecule has 1 heterocycles. The molecule has 0 saturated carbocycles. The van der Waals surface area contributed by atoms with E-state index in [0.29, 0.717) is 16.8 Å². The van der Waals surface area contributed by atoms with Gasteiger partial charge in [0.2, 0.25) is 0 Å². The molecule has 0 fully saturated rings. The molecule has 0 saturated heterocycles. The van der Waals surface area contributed by atoms with Crippen LogP contribution in [0.3, 0.4) is 0 Å². The molecule has 0 N–H and O–H groups in total. The predicted octanol–water partition coefficient (Wildman–Crippen LogP) is 2.07. The van der Waals surface area contributed by atoms with Crippen LogP contribution in [0.4, 0.5) is 0 Å². The topological polar surface area (TPSA) is 53.4 Å². The summed E-state index contributed by atoms with van der Waals surface area (Å²) in [4.78, 5) is 12.0. The number of methoxy groups -OCH3 is 2. The van der Waals surface area contributed by atoms with Crippen molar-refractivity contribution >= 4 is 15.9 Å². The van der Waals surface area contributed by atoms with E-state index >= 15 is 0 Å². The van der Waals surface area contributed by atoms with Gasteiger partial charge in [-0.2, -0.15) is 5.10 Å². The monoisotopic (exact) mass is 324 g/mol. The van der Waals surface area contributed by atoms with E-state index in [2.05, 4.69) is 21.0 Å². The van der Waals surface area contributed by atoms with Crippen LogP contribution in [0.2, 0.25) is 0 Å². The van der Waals surface area contributed by atoms with Crippen molar-refractivity contribution in [3.8, 4) is 11.5 Å². The Bertz CT molecular complexity index is 623. The summed E-state index contributed by atoms with van der Waals surface area (Å²) >= 11 is 3.21. The third-order valence-corrected chi connectivity index (χ3v) is 3.39. The summed E-state index contributed by atoms with van der Waals surface area (Å²) in [5.41, 5.74) is 0.739. The number of hydrogen-bond acceptors (Lipinski definition) is 4. The number of nitrogens with zero attached hydrogens (tertiary/aromatic N) is 2. The normalized spacial score (nSPS) is 10.3. The van der Waals surface area contributed by atoms with Gasteiger partial charge >= 0.3 is 0 Å². The van der Waals surface area contributed by atoms with Crippen LogP contribution in [0, 0.1) is 0 Å². The van der Waals surface area contributed by atoms with Crippen LogP contribution in [-0.4, -0.2) is 24.0 Å². The lowest BCUT2D eigenvalue weighted by Gasteiger charge is -2.08. The fraction of sp³-hybridized carbons (Fsp3) is 0.231. The lowest BCUT2D eigenvalue weighted by atomic mass is 10.2. The first kappa shape index (κ1) is 13.6. The molecule has 0 unspecified atom stereocenters. The summed E-state index contributed by atoms with van der Waals surface area (Å²) in [7, 11) is 3.11. The lowest BCUT2D eigenvalue weighted by molar-refractivity contribution is 0.403. The van der Waals surface area contributed by atoms with Crippen molar-refractivity contribution in [2.24, 2.45) is 0 Å². The van der Waals surface area contributed by atoms with Gasteiger partial charge in [-0.3, -0.25) is 4.79 Å². The summed E-state index contributed by atoms with van der Waals surface area (Å²) in [5.74, 6) is 1.20. The smallest absolute Gasteiger partial charge is 0.285 e. The van der Waals surface area contributed by atoms with Gasteiger partial charge < -0.3 is 9.47 Å². The van der Waals surface area contributed by atoms with E-state index in [0.717, 1.165) is 11.3 Å². The molecule has 1 aromatic carbocycles. The summed E-state index contributed by atoms with van der Waals surface area (Å²) in [6.45, 7) is 0.394. The second-order valence-corrected chi connectivity index (χ2v) is 4.63. The maximum absolute atomic E-state index is 12.0. The molecule has 100 valence electrons. The lowest BCUT2D eigenvalue weighted by Crippen LogP contribution is -2.24. The number of benzene rings is 1. The van der Waals surface area contributed by atoms with E-state index in [-0.39, 0.29) is 5.56 Å². The Morgan fingerprint density at radius 1 is 1.21 bits per heavy atom. The molecular formula is C13H13BrN2O3. The van der Waals surface area contributed by atoms with Crippen molar-refractivity contribution in [3.63, 3.8) is 0 Å². The molecule has 0 aliphatic carbocycles. The van der Waals surface area contributed by atoms with Crippen LogP contribution in [-0.2, 0) is 6.54 Å². The minimum Gasteiger partial charge on any atom is -0.497 e. The molecule has 0 amide bonds. The molecule has 2 aromatic rings. The fourth-order valence-corrected chi connectivity index (χ4v) is 2.08. The van der Waals surface area contributed by atoms with Crippen molar-refractivity contribution in [2.75, 3.05) is 14.2 Å². The largest absolute Gasteiger partial charge is 0.497 e. The van der Waals surface area contributed by atoms with Crippen molar-refractivity contribution in [2.45, 2.75) is 6.54 Å². The van der Waals surface area contributed by atoms with E-state index in [9.17, 15) is 4.79 Å². The Morgan fingerprint density at radius 3 is 2.47 bits per heavy atom. The Hall–Kier alpha value is -1.82. The van der Waals surface area contributed by atoms with Crippen molar-refractivity contribution < 1.29 is 9.47 Å². The first-order chi connectivity index (χ1) is 9.15. The van der Waals surface area contributed by atoms with Crippen molar-refractivity contribution in [1.82, 2.24) is 9.78 Å². The minimum absolute atomic E-state index is 0.227. The minimum atomic E-state index is -0.227. The Morgan fingerprint density at radius 2 is 1.89 bits per heavy atom. The van der Waals surface area contributed by atoms with Crippen LogP contribution in [0.15, 0.2) is 39.7 Å². The first-order valence-corrected chi connectivity index (χ1v) is 6.37. The zero-order valence-electron chi connectivity index (χ0n) is 10.6. The molecule has 0 bridgehead atoms. The van der Waals surface area contributed by atoms with Gasteiger partial charge in [0, 0.05) is 0 Å². The predicted molar refractivity (Wildman–Crippen MR) is 74.8 cm³/mol. The average molecular weight is 325 g/mol. The second kappa shape index (κ2) is 5.88. The average Bonchev–Trinajstić information content (AvgIpc) is 2.45. The van der Waals surface area contributed by atoms with Gasteiger partial charge in [-0.05, 0) is 33.6 Å². The zero-order chi connectivity index (χ0) is 13.8. The Labute approximate surface area is 118 Å². The summed E-state index contributed by atoms with van der Waals surface area (Å²) in [6, 6.07) is 7.48. The number of aromatic nitrogens is 2. The second-order valence-electron chi connectivity index (χ2n) is 3.84. The molecular weight excluding hydrogens is 312 g/mol. The van der Waals surface area contributed by atoms with Crippen LogP contribution in [0.1, 0.15) is 5.56 Å². The van der Waals surface area contributed by atoms with Crippen molar-refractivity contribution in [1.29, 1.82) is 0 Å². The number of halogens is 1. The molecule has 2 rings (SSSR count). The van der Waals surface area contributed by atoms with Crippen molar-refractivity contribution in [3.05, 3.63) is 50.9 Å². The van der Waals surface area contributed by atoms with E-state index in [1.165, 1.54) is 18.0 Å². The van der Waals surface area contributed by atoms with E-state index in [1.54, 1.807) is 7.11 Å². The van der Waals surface area contributed by atoms with Crippen LogP contribution < -0.4 is 15.0 Å². The van der Waals surface area contributed by atoms with Gasteiger partial charge in [0.05, 0.1) is 27.0 Å². The first-order valence-electron chi connectivity index (χ1n) is 5.58. The van der Waals surface area contributed by atoms with Gasteiger partial charge in [-0.25, -0.2) is 4.68 Å². The van der Waals surface area contributed by atoms with Gasteiger partial charge in [0.25, 0.3) is 5.56 Å². The summed E-state index contributed by atoms with van der Waals surface area (Å²) in [6.07, 6.45) is 1.51. The quantitative estimate of drug-likeness (QED) is 0.864. The maximum atomic E-state index is 12.0. The molecule has 0 spiro atoms. The zero-order valence-corrected chi connectivity index (χ0v) is 12.2. The number of hydrogen-bond donors (Lipinski definition) is 0. The fourth-order valence-electron chi connectivity index (χ4n) is 1.61. The Kier molecular flexibility index (Phi) is 4.21. The van der Waals surface area contributed by atoms with Gasteiger partial charge in [0.1, 0.15) is 10.2 Å². The molecule has 0 atom stereocenters. The highest BCUT2D eigenvalue weighted by Gasteiger charge is 2.09. The highest BCUT2D eigenvalue weighted by Crippen LogP contribution is 2.18.